The van der Waals surface area contributed by atoms with Gasteiger partial charge in [0.15, 0.2) is 17.5 Å². The predicted octanol–water partition coefficient (Wildman–Crippen LogP) is 12.0. The van der Waals surface area contributed by atoms with E-state index in [9.17, 15) is 0 Å². The zero-order valence-electron chi connectivity index (χ0n) is 26.7. The molecule has 3 heterocycles. The Morgan fingerprint density at radius 1 is 0.320 bits per heavy atom. The number of nitrogens with zero attached hydrogens (tertiary/aromatic N) is 3. The molecule has 0 aliphatic carbocycles. The summed E-state index contributed by atoms with van der Waals surface area (Å²) in [6.45, 7) is 0. The molecule has 5 heteroatoms. The number of fused-ring (bicyclic) bond motifs is 6. The summed E-state index contributed by atoms with van der Waals surface area (Å²) in [5, 5.41) is 4.15. The highest BCUT2D eigenvalue weighted by Gasteiger charge is 2.19. The largest absolute Gasteiger partial charge is 0.456 e. The van der Waals surface area contributed by atoms with Crippen LogP contribution in [0.2, 0.25) is 0 Å². The Morgan fingerprint density at radius 2 is 0.880 bits per heavy atom. The Labute approximate surface area is 287 Å². The van der Waals surface area contributed by atoms with E-state index in [0.717, 1.165) is 82.8 Å². The average Bonchev–Trinajstić information content (AvgIpc) is 3.77. The van der Waals surface area contributed by atoms with Gasteiger partial charge in [-0.15, -0.1) is 0 Å². The van der Waals surface area contributed by atoms with E-state index in [4.69, 9.17) is 23.8 Å². The van der Waals surface area contributed by atoms with Crippen LogP contribution in [-0.2, 0) is 0 Å². The normalized spacial score (nSPS) is 11.6. The molecule has 10 aromatic rings. The van der Waals surface area contributed by atoms with Crippen LogP contribution in [0, 0.1) is 0 Å². The van der Waals surface area contributed by atoms with Crippen molar-refractivity contribution in [1.82, 2.24) is 15.0 Å². The van der Waals surface area contributed by atoms with E-state index in [1.54, 1.807) is 0 Å². The van der Waals surface area contributed by atoms with Gasteiger partial charge in [0.2, 0.25) is 0 Å². The lowest BCUT2D eigenvalue weighted by atomic mass is 9.99. The number of para-hydroxylation sites is 2. The first-order valence-electron chi connectivity index (χ1n) is 16.6. The molecule has 0 fully saturated rings. The molecule has 5 nitrogen and oxygen atoms in total. The Bertz CT molecular complexity index is 2850. The molecule has 50 heavy (non-hydrogen) atoms. The summed E-state index contributed by atoms with van der Waals surface area (Å²) < 4.78 is 12.8. The Morgan fingerprint density at radius 3 is 1.70 bits per heavy atom. The van der Waals surface area contributed by atoms with E-state index in [2.05, 4.69) is 97.1 Å². The number of hydrogen-bond donors (Lipinski definition) is 0. The van der Waals surface area contributed by atoms with Crippen LogP contribution in [0.5, 0.6) is 0 Å². The fraction of sp³-hybridized carbons (Fsp3) is 0. The SMILES string of the molecule is c1ccc(-c2ccc(-c3nc(-c4ccc5oc6cccc(-c7ccccc7)c6c5c4)nc(-c4cccc5c4oc4ccccc45)n3)cc2)cc1. The maximum Gasteiger partial charge on any atom is 0.167 e. The fourth-order valence-electron chi connectivity index (χ4n) is 6.94. The highest BCUT2D eigenvalue weighted by molar-refractivity contribution is 6.13. The van der Waals surface area contributed by atoms with Crippen LogP contribution in [0.15, 0.2) is 173 Å². The summed E-state index contributed by atoms with van der Waals surface area (Å²) in [6, 6.07) is 55.7. The van der Waals surface area contributed by atoms with Crippen LogP contribution in [0.3, 0.4) is 0 Å². The monoisotopic (exact) mass is 641 g/mol. The van der Waals surface area contributed by atoms with E-state index in [1.165, 1.54) is 0 Å². The molecule has 0 aliphatic rings. The van der Waals surface area contributed by atoms with Crippen molar-refractivity contribution >= 4 is 43.9 Å². The second kappa shape index (κ2) is 11.4. The molecular formula is C45H27N3O2. The topological polar surface area (TPSA) is 65.0 Å². The van der Waals surface area contributed by atoms with Gasteiger partial charge in [-0.2, -0.15) is 0 Å². The first kappa shape index (κ1) is 28.2. The maximum absolute atomic E-state index is 6.43. The summed E-state index contributed by atoms with van der Waals surface area (Å²) in [5.41, 5.74) is 10.3. The number of furan rings is 2. The van der Waals surface area contributed by atoms with Crippen LogP contribution in [0.1, 0.15) is 0 Å². The quantitative estimate of drug-likeness (QED) is 0.187. The third-order valence-electron chi connectivity index (χ3n) is 9.37. The van der Waals surface area contributed by atoms with E-state index in [-0.39, 0.29) is 0 Å². The van der Waals surface area contributed by atoms with Gasteiger partial charge < -0.3 is 8.83 Å². The minimum atomic E-state index is 0.545. The highest BCUT2D eigenvalue weighted by atomic mass is 16.3. The van der Waals surface area contributed by atoms with Crippen molar-refractivity contribution in [3.05, 3.63) is 164 Å². The van der Waals surface area contributed by atoms with Crippen molar-refractivity contribution in [3.8, 4) is 56.4 Å². The zero-order valence-corrected chi connectivity index (χ0v) is 26.7. The van der Waals surface area contributed by atoms with E-state index >= 15 is 0 Å². The molecule has 7 aromatic carbocycles. The van der Waals surface area contributed by atoms with Crippen LogP contribution < -0.4 is 0 Å². The maximum atomic E-state index is 6.43. The van der Waals surface area contributed by atoms with Gasteiger partial charge >= 0.3 is 0 Å². The van der Waals surface area contributed by atoms with Crippen LogP contribution >= 0.6 is 0 Å². The summed E-state index contributed by atoms with van der Waals surface area (Å²) in [4.78, 5) is 15.3. The molecule has 0 saturated carbocycles. The third-order valence-corrected chi connectivity index (χ3v) is 9.37. The Balaban J connectivity index is 1.18. The van der Waals surface area contributed by atoms with Crippen LogP contribution in [0.4, 0.5) is 0 Å². The van der Waals surface area contributed by atoms with Gasteiger partial charge in [0, 0.05) is 32.7 Å². The molecule has 0 amide bonds. The van der Waals surface area contributed by atoms with Crippen molar-refractivity contribution in [2.24, 2.45) is 0 Å². The highest BCUT2D eigenvalue weighted by Crippen LogP contribution is 2.39. The zero-order chi connectivity index (χ0) is 33.0. The molecule has 0 aliphatic heterocycles. The van der Waals surface area contributed by atoms with Crippen LogP contribution in [0.25, 0.3) is 100 Å². The van der Waals surface area contributed by atoms with Gasteiger partial charge in [0.1, 0.15) is 22.3 Å². The predicted molar refractivity (Wildman–Crippen MR) is 202 cm³/mol. The molecule has 10 rings (SSSR count). The number of benzene rings is 7. The summed E-state index contributed by atoms with van der Waals surface area (Å²) in [6.07, 6.45) is 0. The molecule has 0 saturated heterocycles. The summed E-state index contributed by atoms with van der Waals surface area (Å²) >= 11 is 0. The molecule has 3 aromatic heterocycles. The molecule has 234 valence electrons. The lowest BCUT2D eigenvalue weighted by molar-refractivity contribution is 0.669. The van der Waals surface area contributed by atoms with Crippen molar-refractivity contribution < 1.29 is 8.83 Å². The van der Waals surface area contributed by atoms with E-state index in [1.807, 2.05) is 66.7 Å². The first-order valence-corrected chi connectivity index (χ1v) is 16.6. The molecule has 0 atom stereocenters. The summed E-state index contributed by atoms with van der Waals surface area (Å²) in [5.74, 6) is 1.70. The second-order valence-corrected chi connectivity index (χ2v) is 12.4. The molecule has 0 radical (unpaired) electrons. The van der Waals surface area contributed by atoms with E-state index in [0.29, 0.717) is 17.5 Å². The second-order valence-electron chi connectivity index (χ2n) is 12.4. The smallest absolute Gasteiger partial charge is 0.167 e. The lowest BCUT2D eigenvalue weighted by Gasteiger charge is -2.10. The molecule has 0 bridgehead atoms. The van der Waals surface area contributed by atoms with Crippen molar-refractivity contribution in [2.75, 3.05) is 0 Å². The van der Waals surface area contributed by atoms with Gasteiger partial charge in [0.25, 0.3) is 0 Å². The van der Waals surface area contributed by atoms with Crippen molar-refractivity contribution in [2.45, 2.75) is 0 Å². The number of aromatic nitrogens is 3. The van der Waals surface area contributed by atoms with Gasteiger partial charge in [-0.1, -0.05) is 127 Å². The Kier molecular flexibility index (Phi) is 6.42. The lowest BCUT2D eigenvalue weighted by Crippen LogP contribution is -2.00. The third kappa shape index (κ3) is 4.67. The van der Waals surface area contributed by atoms with Crippen LogP contribution in [-0.4, -0.2) is 15.0 Å². The standard InChI is InChI=1S/C45H27N3O2/c1-3-11-28(12-4-1)29-21-23-31(24-22-29)43-46-44(48-45(47-43)36-18-9-17-35-34-15-7-8-19-38(34)50-42(35)36)32-25-26-39-37(27-32)41-33(16-10-20-40(41)49-39)30-13-5-2-6-14-30/h1-27H. The minimum Gasteiger partial charge on any atom is -0.456 e. The van der Waals surface area contributed by atoms with Crippen molar-refractivity contribution in [3.63, 3.8) is 0 Å². The van der Waals surface area contributed by atoms with Gasteiger partial charge in [-0.3, -0.25) is 0 Å². The van der Waals surface area contributed by atoms with E-state index < -0.39 is 0 Å². The molecule has 0 spiro atoms. The first-order chi connectivity index (χ1) is 24.8. The van der Waals surface area contributed by atoms with Gasteiger partial charge in [-0.25, -0.2) is 15.0 Å². The number of rotatable bonds is 5. The van der Waals surface area contributed by atoms with Gasteiger partial charge in [-0.05, 0) is 58.7 Å². The molecule has 0 N–H and O–H groups in total. The fourth-order valence-corrected chi connectivity index (χ4v) is 6.94. The average molecular weight is 642 g/mol. The molecular weight excluding hydrogens is 615 g/mol. The number of hydrogen-bond acceptors (Lipinski definition) is 5. The summed E-state index contributed by atoms with van der Waals surface area (Å²) in [7, 11) is 0. The minimum absolute atomic E-state index is 0.545. The van der Waals surface area contributed by atoms with Gasteiger partial charge in [0.05, 0.1) is 5.56 Å². The van der Waals surface area contributed by atoms with Crippen molar-refractivity contribution in [1.29, 1.82) is 0 Å². The molecule has 0 unspecified atom stereocenters. The Hall–Kier alpha value is -6.85.